The highest BCUT2D eigenvalue weighted by atomic mass is 35.5. The summed E-state index contributed by atoms with van der Waals surface area (Å²) in [6.45, 7) is 11.9. The highest BCUT2D eigenvalue weighted by Gasteiger charge is 2.37. The summed E-state index contributed by atoms with van der Waals surface area (Å²) in [5, 5.41) is 11.3. The van der Waals surface area contributed by atoms with Crippen molar-refractivity contribution >= 4 is 23.3 Å². The first-order valence-electron chi connectivity index (χ1n) is 13.7. The van der Waals surface area contributed by atoms with E-state index in [-0.39, 0.29) is 30.5 Å². The Morgan fingerprint density at radius 1 is 1.37 bits per heavy atom. The first kappa shape index (κ1) is 29.9. The Bertz CT molecular complexity index is 1080. The molecule has 206 valence electrons. The van der Waals surface area contributed by atoms with Crippen LogP contribution in [-0.2, 0) is 4.74 Å². The standard InChI is InChI=1S/C32H42ClNO4/c1-6-10-30(35)28-14-12-27(28)19-34-16-9-8-11-25(17-23(5)33)24(7-2)21-37-31-15-13-26(18-29(31)34)32(36)38-20-22(3)4/h2,6,13,15,17-18,22,27-28,30,35H,1,8-12,14,16,19-21H2,3-5H3/b23-17+,25-24+/t27-,28+,30-/m0/s1. The van der Waals surface area contributed by atoms with Gasteiger partial charge in [0.25, 0.3) is 0 Å². The Balaban J connectivity index is 1.95. The van der Waals surface area contributed by atoms with Crippen LogP contribution in [0.1, 0.15) is 69.7 Å². The molecule has 1 saturated carbocycles. The molecule has 0 saturated heterocycles. The lowest BCUT2D eigenvalue weighted by atomic mass is 9.69. The van der Waals surface area contributed by atoms with E-state index in [4.69, 9.17) is 27.5 Å². The summed E-state index contributed by atoms with van der Waals surface area (Å²) in [6.07, 6.45) is 14.6. The van der Waals surface area contributed by atoms with E-state index in [0.717, 1.165) is 62.0 Å². The van der Waals surface area contributed by atoms with Gasteiger partial charge in [0, 0.05) is 23.7 Å². The fourth-order valence-corrected chi connectivity index (χ4v) is 5.28. The maximum atomic E-state index is 12.8. The van der Waals surface area contributed by atoms with E-state index in [1.54, 1.807) is 12.1 Å². The molecule has 0 spiro atoms. The third kappa shape index (κ3) is 8.16. The minimum atomic E-state index is -0.376. The largest absolute Gasteiger partial charge is 0.486 e. The number of carbonyl (C=O) groups excluding carboxylic acids is 1. The van der Waals surface area contributed by atoms with Gasteiger partial charge in [-0.15, -0.1) is 13.0 Å². The van der Waals surface area contributed by atoms with E-state index in [1.807, 2.05) is 39.0 Å². The van der Waals surface area contributed by atoms with E-state index in [2.05, 4.69) is 17.4 Å². The number of benzene rings is 1. The molecule has 0 bridgehead atoms. The minimum absolute atomic E-state index is 0.243. The smallest absolute Gasteiger partial charge is 0.338 e. The summed E-state index contributed by atoms with van der Waals surface area (Å²) < 4.78 is 11.8. The fraction of sp³-hybridized carbons (Fsp3) is 0.531. The van der Waals surface area contributed by atoms with Crippen LogP contribution in [0.15, 0.2) is 53.1 Å². The van der Waals surface area contributed by atoms with Crippen LogP contribution in [0.4, 0.5) is 5.69 Å². The second-order valence-electron chi connectivity index (χ2n) is 10.8. The summed E-state index contributed by atoms with van der Waals surface area (Å²) in [5.74, 6) is 3.99. The van der Waals surface area contributed by atoms with Gasteiger partial charge in [0.1, 0.15) is 12.4 Å². The predicted octanol–water partition coefficient (Wildman–Crippen LogP) is 6.90. The van der Waals surface area contributed by atoms with Crippen LogP contribution in [0.5, 0.6) is 5.75 Å². The number of rotatable bonds is 9. The van der Waals surface area contributed by atoms with Gasteiger partial charge in [-0.2, -0.15) is 0 Å². The number of hydrogen-bond acceptors (Lipinski definition) is 5. The highest BCUT2D eigenvalue weighted by Crippen LogP contribution is 2.41. The van der Waals surface area contributed by atoms with E-state index in [9.17, 15) is 9.90 Å². The van der Waals surface area contributed by atoms with Crippen LogP contribution in [0, 0.1) is 30.1 Å². The molecule has 1 N–H and O–H groups in total. The summed E-state index contributed by atoms with van der Waals surface area (Å²) in [6, 6.07) is 5.47. The normalized spacial score (nSPS) is 23.3. The first-order valence-corrected chi connectivity index (χ1v) is 14.1. The number of terminal acetylenes is 1. The number of aliphatic hydroxyl groups excluding tert-OH is 1. The molecule has 3 rings (SSSR count). The zero-order valence-corrected chi connectivity index (χ0v) is 23.8. The topological polar surface area (TPSA) is 59.0 Å². The lowest BCUT2D eigenvalue weighted by Gasteiger charge is -2.43. The molecule has 0 unspecified atom stereocenters. The van der Waals surface area contributed by atoms with Crippen molar-refractivity contribution in [2.24, 2.45) is 17.8 Å². The third-order valence-electron chi connectivity index (χ3n) is 7.35. The Morgan fingerprint density at radius 2 is 2.16 bits per heavy atom. The zero-order valence-electron chi connectivity index (χ0n) is 23.0. The van der Waals surface area contributed by atoms with Gasteiger partial charge in [0.2, 0.25) is 0 Å². The van der Waals surface area contributed by atoms with Gasteiger partial charge in [-0.05, 0) is 93.1 Å². The molecule has 1 aromatic carbocycles. The first-order chi connectivity index (χ1) is 18.2. The monoisotopic (exact) mass is 539 g/mol. The molecular weight excluding hydrogens is 498 g/mol. The van der Waals surface area contributed by atoms with Crippen molar-refractivity contribution in [3.05, 3.63) is 58.7 Å². The number of fused-ring (bicyclic) bond motifs is 1. The number of halogens is 1. The Hall–Kier alpha value is -2.68. The molecular formula is C32H42ClNO4. The SMILES string of the molecule is C#C/C1=C(\C=C(/C)Cl)CCCCN(C[C@@H]2CC[C@H]2[C@@H](O)CC=C)c2cc(C(=O)OCC(C)C)ccc2OC1. The minimum Gasteiger partial charge on any atom is -0.486 e. The maximum absolute atomic E-state index is 12.8. The number of carbonyl (C=O) groups is 1. The summed E-state index contributed by atoms with van der Waals surface area (Å²) in [5.41, 5.74) is 3.16. The molecule has 38 heavy (non-hydrogen) atoms. The molecule has 1 aromatic rings. The van der Waals surface area contributed by atoms with Crippen molar-refractivity contribution in [1.82, 2.24) is 0 Å². The number of hydrogen-bond donors (Lipinski definition) is 1. The molecule has 1 fully saturated rings. The molecule has 6 heteroatoms. The van der Waals surface area contributed by atoms with Crippen LogP contribution in [0.25, 0.3) is 0 Å². The fourth-order valence-electron chi connectivity index (χ4n) is 5.15. The van der Waals surface area contributed by atoms with Crippen LogP contribution in [0.3, 0.4) is 0 Å². The number of nitrogens with zero attached hydrogens (tertiary/aromatic N) is 1. The van der Waals surface area contributed by atoms with Gasteiger partial charge in [-0.3, -0.25) is 0 Å². The van der Waals surface area contributed by atoms with Crippen molar-refractivity contribution in [3.8, 4) is 18.1 Å². The van der Waals surface area contributed by atoms with Gasteiger partial charge in [-0.1, -0.05) is 37.4 Å². The molecule has 0 aromatic heterocycles. The van der Waals surface area contributed by atoms with Crippen molar-refractivity contribution in [2.45, 2.75) is 65.4 Å². The van der Waals surface area contributed by atoms with Gasteiger partial charge in [-0.25, -0.2) is 4.79 Å². The summed E-state index contributed by atoms with van der Waals surface area (Å²) in [7, 11) is 0. The quantitative estimate of drug-likeness (QED) is 0.210. The molecule has 3 atom stereocenters. The molecule has 1 aliphatic heterocycles. The molecule has 5 nitrogen and oxygen atoms in total. The predicted molar refractivity (Wildman–Crippen MR) is 156 cm³/mol. The maximum Gasteiger partial charge on any atom is 0.338 e. The lowest BCUT2D eigenvalue weighted by molar-refractivity contribution is 0.0181. The second-order valence-corrected chi connectivity index (χ2v) is 11.4. The lowest BCUT2D eigenvalue weighted by Crippen LogP contribution is -2.43. The van der Waals surface area contributed by atoms with Gasteiger partial charge >= 0.3 is 5.97 Å². The van der Waals surface area contributed by atoms with Crippen molar-refractivity contribution in [1.29, 1.82) is 0 Å². The van der Waals surface area contributed by atoms with Crippen molar-refractivity contribution < 1.29 is 19.4 Å². The molecule has 2 aliphatic rings. The number of aliphatic hydroxyl groups is 1. The molecule has 0 amide bonds. The van der Waals surface area contributed by atoms with Crippen molar-refractivity contribution in [3.63, 3.8) is 0 Å². The Morgan fingerprint density at radius 3 is 2.79 bits per heavy atom. The van der Waals surface area contributed by atoms with Crippen LogP contribution >= 0.6 is 11.6 Å². The number of ether oxygens (including phenoxy) is 2. The Kier molecular flexibility index (Phi) is 11.4. The van der Waals surface area contributed by atoms with Crippen LogP contribution < -0.4 is 9.64 Å². The van der Waals surface area contributed by atoms with Gasteiger partial charge in [0.15, 0.2) is 0 Å². The number of anilines is 1. The Labute approximate surface area is 233 Å². The van der Waals surface area contributed by atoms with Crippen LogP contribution in [-0.4, -0.2) is 43.5 Å². The van der Waals surface area contributed by atoms with Crippen LogP contribution in [0.2, 0.25) is 0 Å². The number of allylic oxidation sites excluding steroid dienone is 3. The van der Waals surface area contributed by atoms with E-state index in [0.29, 0.717) is 35.3 Å². The molecule has 1 aliphatic carbocycles. The van der Waals surface area contributed by atoms with Gasteiger partial charge < -0.3 is 19.5 Å². The zero-order chi connectivity index (χ0) is 27.7. The highest BCUT2D eigenvalue weighted by molar-refractivity contribution is 6.29. The number of esters is 1. The molecule has 0 radical (unpaired) electrons. The summed E-state index contributed by atoms with van der Waals surface area (Å²) >= 11 is 6.21. The second kappa shape index (κ2) is 14.5. The van der Waals surface area contributed by atoms with Crippen molar-refractivity contribution in [2.75, 3.05) is 31.2 Å². The van der Waals surface area contributed by atoms with E-state index >= 15 is 0 Å². The average Bonchev–Trinajstić information content (AvgIpc) is 2.88. The van der Waals surface area contributed by atoms with Gasteiger partial charge in [0.05, 0.1) is 24.0 Å². The van der Waals surface area contributed by atoms with E-state index in [1.165, 1.54) is 0 Å². The summed E-state index contributed by atoms with van der Waals surface area (Å²) in [4.78, 5) is 15.2. The van der Waals surface area contributed by atoms with E-state index < -0.39 is 0 Å². The average molecular weight is 540 g/mol. The third-order valence-corrected chi connectivity index (χ3v) is 7.46. The molecule has 1 heterocycles.